The number of ketones is 1. The van der Waals surface area contributed by atoms with E-state index in [4.69, 9.17) is 0 Å². The van der Waals surface area contributed by atoms with E-state index in [0.717, 1.165) is 5.69 Å². The molecule has 1 unspecified atom stereocenters. The molecule has 0 fully saturated rings. The number of anilines is 2. The van der Waals surface area contributed by atoms with E-state index in [1.54, 1.807) is 62.5 Å². The van der Waals surface area contributed by atoms with Gasteiger partial charge in [-0.15, -0.1) is 0 Å². The summed E-state index contributed by atoms with van der Waals surface area (Å²) in [5, 5.41) is 9.55. The number of aryl methyl sites for hydroxylation is 2. The number of carbonyl (C=O) groups is 4. The van der Waals surface area contributed by atoms with Crippen LogP contribution in [0, 0.1) is 6.92 Å². The first-order valence-electron chi connectivity index (χ1n) is 9.24. The van der Waals surface area contributed by atoms with Crippen molar-refractivity contribution in [1.82, 2.24) is 9.78 Å². The summed E-state index contributed by atoms with van der Waals surface area (Å²) in [7, 11) is 1.69. The summed E-state index contributed by atoms with van der Waals surface area (Å²) in [5.41, 5.74) is 3.58. The zero-order valence-electron chi connectivity index (χ0n) is 16.3. The lowest BCUT2D eigenvalue weighted by molar-refractivity contribution is -0.121. The number of aldehydes is 1. The standard InChI is InChI=1S/C22H18N4O4/c1-12-9-19(26(2)25-12)22(30)23-15-6-3-13(4-7-15)20(28)14-5-8-16-17(11-27)21(29)24-18(16)10-14/h3-11,17H,1-2H3,(H,23,30)(H,24,29). The fraction of sp³-hybridized carbons (Fsp3) is 0.136. The Morgan fingerprint density at radius 2 is 1.80 bits per heavy atom. The van der Waals surface area contributed by atoms with Gasteiger partial charge in [-0.1, -0.05) is 12.1 Å². The highest BCUT2D eigenvalue weighted by Gasteiger charge is 2.30. The Hall–Kier alpha value is -4.07. The van der Waals surface area contributed by atoms with Gasteiger partial charge in [0.15, 0.2) is 5.78 Å². The lowest BCUT2D eigenvalue weighted by Crippen LogP contribution is -2.16. The van der Waals surface area contributed by atoms with Gasteiger partial charge >= 0.3 is 0 Å². The molecule has 8 heteroatoms. The molecule has 0 saturated carbocycles. The zero-order chi connectivity index (χ0) is 21.4. The van der Waals surface area contributed by atoms with Crippen LogP contribution in [0.5, 0.6) is 0 Å². The molecule has 1 aliphatic rings. The highest BCUT2D eigenvalue weighted by molar-refractivity contribution is 6.14. The maximum atomic E-state index is 12.8. The van der Waals surface area contributed by atoms with Crippen LogP contribution in [-0.4, -0.2) is 33.7 Å². The van der Waals surface area contributed by atoms with Crippen LogP contribution >= 0.6 is 0 Å². The van der Waals surface area contributed by atoms with E-state index < -0.39 is 11.8 Å². The smallest absolute Gasteiger partial charge is 0.273 e. The number of nitrogens with one attached hydrogen (secondary N) is 2. The Bertz CT molecular complexity index is 1190. The van der Waals surface area contributed by atoms with Crippen LogP contribution in [-0.2, 0) is 16.6 Å². The second kappa shape index (κ2) is 7.40. The summed E-state index contributed by atoms with van der Waals surface area (Å²) in [5.74, 6) is -1.76. The lowest BCUT2D eigenvalue weighted by Gasteiger charge is -2.08. The summed E-state index contributed by atoms with van der Waals surface area (Å²) in [4.78, 5) is 48.0. The van der Waals surface area contributed by atoms with E-state index in [9.17, 15) is 19.2 Å². The molecule has 1 aliphatic heterocycles. The first-order chi connectivity index (χ1) is 14.4. The van der Waals surface area contributed by atoms with Gasteiger partial charge in [-0.2, -0.15) is 5.10 Å². The van der Waals surface area contributed by atoms with Crippen molar-refractivity contribution in [3.8, 4) is 0 Å². The maximum absolute atomic E-state index is 12.8. The summed E-state index contributed by atoms with van der Waals surface area (Å²) >= 11 is 0. The van der Waals surface area contributed by atoms with E-state index in [-0.39, 0.29) is 11.7 Å². The molecule has 1 aromatic heterocycles. The Balaban J connectivity index is 1.51. The SMILES string of the molecule is Cc1cc(C(=O)Nc2ccc(C(=O)c3ccc4c(c3)NC(=O)C4C=O)cc2)n(C)n1. The average Bonchev–Trinajstić information content (AvgIpc) is 3.24. The molecule has 2 heterocycles. The van der Waals surface area contributed by atoms with E-state index in [0.29, 0.717) is 40.0 Å². The van der Waals surface area contributed by atoms with Crippen molar-refractivity contribution in [1.29, 1.82) is 0 Å². The zero-order valence-corrected chi connectivity index (χ0v) is 16.3. The van der Waals surface area contributed by atoms with Gasteiger partial charge < -0.3 is 15.4 Å². The van der Waals surface area contributed by atoms with E-state index in [1.807, 2.05) is 0 Å². The Morgan fingerprint density at radius 1 is 1.10 bits per heavy atom. The molecule has 3 aromatic rings. The molecule has 150 valence electrons. The van der Waals surface area contributed by atoms with Crippen LogP contribution < -0.4 is 10.6 Å². The molecule has 1 atom stereocenters. The van der Waals surface area contributed by atoms with Crippen molar-refractivity contribution in [3.63, 3.8) is 0 Å². The first-order valence-corrected chi connectivity index (χ1v) is 9.24. The topological polar surface area (TPSA) is 110 Å². The maximum Gasteiger partial charge on any atom is 0.273 e. The van der Waals surface area contributed by atoms with Crippen LogP contribution in [0.2, 0.25) is 0 Å². The second-order valence-corrected chi connectivity index (χ2v) is 7.06. The Labute approximate surface area is 171 Å². The van der Waals surface area contributed by atoms with Gasteiger partial charge in [-0.25, -0.2) is 0 Å². The monoisotopic (exact) mass is 402 g/mol. The average molecular weight is 402 g/mol. The number of nitrogens with zero attached hydrogens (tertiary/aromatic N) is 2. The van der Waals surface area contributed by atoms with Crippen molar-refractivity contribution in [2.45, 2.75) is 12.8 Å². The molecule has 0 saturated heterocycles. The summed E-state index contributed by atoms with van der Waals surface area (Å²) in [6.45, 7) is 1.81. The number of benzene rings is 2. The third-order valence-corrected chi connectivity index (χ3v) is 4.97. The number of rotatable bonds is 5. The van der Waals surface area contributed by atoms with Crippen molar-refractivity contribution in [3.05, 3.63) is 76.6 Å². The van der Waals surface area contributed by atoms with Gasteiger partial charge in [0, 0.05) is 29.5 Å². The predicted molar refractivity (Wildman–Crippen MR) is 110 cm³/mol. The van der Waals surface area contributed by atoms with Crippen molar-refractivity contribution in [2.24, 2.45) is 7.05 Å². The molecule has 30 heavy (non-hydrogen) atoms. The van der Waals surface area contributed by atoms with Gasteiger partial charge in [-0.05, 0) is 48.9 Å². The van der Waals surface area contributed by atoms with Gasteiger partial charge in [-0.3, -0.25) is 19.1 Å². The molecular weight excluding hydrogens is 384 g/mol. The number of hydrogen-bond acceptors (Lipinski definition) is 5. The molecule has 0 radical (unpaired) electrons. The molecule has 0 aliphatic carbocycles. The van der Waals surface area contributed by atoms with Gasteiger partial charge in [0.2, 0.25) is 5.91 Å². The molecule has 2 amide bonds. The summed E-state index contributed by atoms with van der Waals surface area (Å²) in [6, 6.07) is 13.0. The van der Waals surface area contributed by atoms with Gasteiger partial charge in [0.25, 0.3) is 5.91 Å². The van der Waals surface area contributed by atoms with Gasteiger partial charge in [0.05, 0.1) is 5.69 Å². The van der Waals surface area contributed by atoms with Crippen LogP contribution in [0.15, 0.2) is 48.5 Å². The minimum absolute atomic E-state index is 0.235. The third kappa shape index (κ3) is 3.39. The second-order valence-electron chi connectivity index (χ2n) is 7.06. The van der Waals surface area contributed by atoms with Crippen LogP contribution in [0.3, 0.4) is 0 Å². The Kier molecular flexibility index (Phi) is 4.75. The predicted octanol–water partition coefficient (Wildman–Crippen LogP) is 2.45. The van der Waals surface area contributed by atoms with E-state index in [2.05, 4.69) is 15.7 Å². The van der Waals surface area contributed by atoms with E-state index in [1.165, 1.54) is 4.68 Å². The number of carbonyl (C=O) groups excluding carboxylic acids is 4. The van der Waals surface area contributed by atoms with E-state index >= 15 is 0 Å². The van der Waals surface area contributed by atoms with Crippen molar-refractivity contribution in [2.75, 3.05) is 10.6 Å². The van der Waals surface area contributed by atoms with Gasteiger partial charge in [0.1, 0.15) is 17.9 Å². The number of aromatic nitrogens is 2. The molecular formula is C22H18N4O4. The normalized spacial score (nSPS) is 14.7. The number of fused-ring (bicyclic) bond motifs is 1. The summed E-state index contributed by atoms with van der Waals surface area (Å²) in [6.07, 6.45) is 0.586. The summed E-state index contributed by atoms with van der Waals surface area (Å²) < 4.78 is 1.50. The fourth-order valence-corrected chi connectivity index (χ4v) is 3.45. The molecule has 0 spiro atoms. The first kappa shape index (κ1) is 19.3. The minimum Gasteiger partial charge on any atom is -0.325 e. The molecule has 2 aromatic carbocycles. The van der Waals surface area contributed by atoms with Crippen molar-refractivity contribution >= 4 is 35.3 Å². The third-order valence-electron chi connectivity index (χ3n) is 4.97. The molecule has 2 N–H and O–H groups in total. The lowest BCUT2D eigenvalue weighted by atomic mass is 9.97. The molecule has 4 rings (SSSR count). The fourth-order valence-electron chi connectivity index (χ4n) is 3.45. The van der Waals surface area contributed by atoms with Crippen LogP contribution in [0.25, 0.3) is 0 Å². The Morgan fingerprint density at radius 3 is 2.43 bits per heavy atom. The molecule has 8 nitrogen and oxygen atoms in total. The quantitative estimate of drug-likeness (QED) is 0.387. The highest BCUT2D eigenvalue weighted by Crippen LogP contribution is 2.32. The number of hydrogen-bond donors (Lipinski definition) is 2. The van der Waals surface area contributed by atoms with Crippen LogP contribution in [0.1, 0.15) is 43.6 Å². The minimum atomic E-state index is -0.838. The van der Waals surface area contributed by atoms with Crippen molar-refractivity contribution < 1.29 is 19.2 Å². The number of amides is 2. The van der Waals surface area contributed by atoms with Crippen LogP contribution in [0.4, 0.5) is 11.4 Å². The highest BCUT2D eigenvalue weighted by atomic mass is 16.2. The molecule has 0 bridgehead atoms. The largest absolute Gasteiger partial charge is 0.325 e.